The topological polar surface area (TPSA) is 15.3 Å². The predicted octanol–water partition coefficient (Wildman–Crippen LogP) is 2.18. The van der Waals surface area contributed by atoms with Gasteiger partial charge < -0.3 is 10.2 Å². The summed E-state index contributed by atoms with van der Waals surface area (Å²) in [6, 6.07) is 9.58. The van der Waals surface area contributed by atoms with Crippen molar-refractivity contribution < 1.29 is 0 Å². The average Bonchev–Trinajstić information content (AvgIpc) is 2.71. The molecule has 3 atom stereocenters. The Kier molecular flexibility index (Phi) is 3.17. The van der Waals surface area contributed by atoms with Gasteiger partial charge in [-0.25, -0.2) is 0 Å². The normalized spacial score (nSPS) is 31.7. The van der Waals surface area contributed by atoms with E-state index in [0.29, 0.717) is 0 Å². The number of hydrogen-bond acceptors (Lipinski definition) is 2. The van der Waals surface area contributed by atoms with Crippen LogP contribution in [0, 0.1) is 12.8 Å². The molecule has 2 aliphatic rings. The van der Waals surface area contributed by atoms with E-state index in [0.717, 1.165) is 18.5 Å². The van der Waals surface area contributed by atoms with E-state index in [1.54, 1.807) is 0 Å². The van der Waals surface area contributed by atoms with Gasteiger partial charge in [-0.1, -0.05) is 29.8 Å². The summed E-state index contributed by atoms with van der Waals surface area (Å²) in [6.45, 7) is 7.14. The molecule has 2 fully saturated rings. The number of nitrogens with zero attached hydrogens (tertiary/aromatic N) is 1. The molecule has 92 valence electrons. The van der Waals surface area contributed by atoms with E-state index in [-0.39, 0.29) is 0 Å². The van der Waals surface area contributed by atoms with Crippen molar-refractivity contribution in [1.29, 1.82) is 0 Å². The van der Waals surface area contributed by atoms with Crippen molar-refractivity contribution in [3.05, 3.63) is 35.4 Å². The maximum absolute atomic E-state index is 3.77. The van der Waals surface area contributed by atoms with Crippen molar-refractivity contribution >= 4 is 0 Å². The molecule has 0 spiro atoms. The van der Waals surface area contributed by atoms with Crippen LogP contribution in [0.25, 0.3) is 0 Å². The van der Waals surface area contributed by atoms with Gasteiger partial charge in [0.25, 0.3) is 0 Å². The Bertz CT molecular complexity index is 388. The number of rotatable bonds is 3. The molecule has 3 unspecified atom stereocenters. The minimum absolute atomic E-state index is 0.745. The summed E-state index contributed by atoms with van der Waals surface area (Å²) in [5, 5.41) is 3.77. The van der Waals surface area contributed by atoms with Crippen LogP contribution < -0.4 is 5.32 Å². The third-order valence-corrected chi connectivity index (χ3v) is 4.29. The molecule has 2 bridgehead atoms. The molecule has 2 heteroatoms. The summed E-state index contributed by atoms with van der Waals surface area (Å²) in [5.41, 5.74) is 2.78. The Hall–Kier alpha value is -0.860. The fourth-order valence-corrected chi connectivity index (χ4v) is 3.29. The maximum Gasteiger partial charge on any atom is 0.0208 e. The molecule has 1 aromatic rings. The molecule has 1 aromatic carbocycles. The first kappa shape index (κ1) is 11.2. The average molecular weight is 230 g/mol. The highest BCUT2D eigenvalue weighted by molar-refractivity contribution is 5.22. The lowest BCUT2D eigenvalue weighted by Crippen LogP contribution is -2.43. The lowest BCUT2D eigenvalue weighted by atomic mass is 9.94. The zero-order chi connectivity index (χ0) is 11.7. The largest absolute Gasteiger partial charge is 0.310 e. The van der Waals surface area contributed by atoms with Crippen molar-refractivity contribution in [2.75, 3.05) is 19.6 Å². The zero-order valence-electron chi connectivity index (χ0n) is 10.7. The summed E-state index contributed by atoms with van der Waals surface area (Å²) < 4.78 is 0. The van der Waals surface area contributed by atoms with E-state index in [4.69, 9.17) is 0 Å². The van der Waals surface area contributed by atoms with Gasteiger partial charge in [-0.15, -0.1) is 0 Å². The summed E-state index contributed by atoms with van der Waals surface area (Å²) in [4.78, 5) is 2.61. The van der Waals surface area contributed by atoms with Crippen LogP contribution in [0.15, 0.2) is 24.3 Å². The molecular formula is C15H22N2. The molecule has 0 aliphatic carbocycles. The second-order valence-electron chi connectivity index (χ2n) is 5.61. The molecule has 0 aromatic heterocycles. The summed E-state index contributed by atoms with van der Waals surface area (Å²) in [5.74, 6) is 0.897. The lowest BCUT2D eigenvalue weighted by molar-refractivity contribution is 0.220. The van der Waals surface area contributed by atoms with Crippen LogP contribution >= 0.6 is 0 Å². The molecule has 2 heterocycles. The van der Waals surface area contributed by atoms with Crippen molar-refractivity contribution in [3.8, 4) is 0 Å². The fraction of sp³-hybridized carbons (Fsp3) is 0.600. The highest BCUT2D eigenvalue weighted by atomic mass is 15.2. The van der Waals surface area contributed by atoms with Crippen LogP contribution in [-0.4, -0.2) is 30.6 Å². The summed E-state index contributed by atoms with van der Waals surface area (Å²) >= 11 is 0. The van der Waals surface area contributed by atoms with Crippen LogP contribution in [0.4, 0.5) is 0 Å². The van der Waals surface area contributed by atoms with Crippen molar-refractivity contribution in [2.24, 2.45) is 5.92 Å². The number of piperidine rings is 1. The number of hydrogen-bond donors (Lipinski definition) is 1. The van der Waals surface area contributed by atoms with Crippen LogP contribution in [-0.2, 0) is 6.54 Å². The Balaban J connectivity index is 1.57. The van der Waals surface area contributed by atoms with E-state index in [1.165, 1.54) is 43.6 Å². The molecule has 3 rings (SSSR count). The molecule has 0 amide bonds. The molecule has 2 nitrogen and oxygen atoms in total. The fourth-order valence-electron chi connectivity index (χ4n) is 3.29. The second kappa shape index (κ2) is 4.79. The minimum Gasteiger partial charge on any atom is -0.310 e. The first-order chi connectivity index (χ1) is 8.31. The monoisotopic (exact) mass is 230 g/mol. The third kappa shape index (κ3) is 2.53. The summed E-state index contributed by atoms with van der Waals surface area (Å²) in [7, 11) is 0. The molecule has 2 saturated heterocycles. The van der Waals surface area contributed by atoms with E-state index in [9.17, 15) is 0 Å². The molecule has 1 N–H and O–H groups in total. The van der Waals surface area contributed by atoms with Gasteiger partial charge in [0.2, 0.25) is 0 Å². The van der Waals surface area contributed by atoms with Gasteiger partial charge in [-0.2, -0.15) is 0 Å². The zero-order valence-corrected chi connectivity index (χ0v) is 10.7. The Morgan fingerprint density at radius 3 is 3.06 bits per heavy atom. The van der Waals surface area contributed by atoms with Gasteiger partial charge in [0.05, 0.1) is 0 Å². The van der Waals surface area contributed by atoms with Gasteiger partial charge in [-0.05, 0) is 44.3 Å². The van der Waals surface area contributed by atoms with Crippen LogP contribution in [0.3, 0.4) is 0 Å². The van der Waals surface area contributed by atoms with Gasteiger partial charge in [-0.3, -0.25) is 0 Å². The molecule has 17 heavy (non-hydrogen) atoms. The van der Waals surface area contributed by atoms with Crippen molar-refractivity contribution in [2.45, 2.75) is 32.4 Å². The predicted molar refractivity (Wildman–Crippen MR) is 71.0 cm³/mol. The summed E-state index contributed by atoms with van der Waals surface area (Å²) in [6.07, 6.45) is 2.72. The SMILES string of the molecule is Cc1cccc(CNC2CCN3CCC2C3)c1. The second-order valence-corrected chi connectivity index (χ2v) is 5.61. The Morgan fingerprint density at radius 2 is 2.18 bits per heavy atom. The number of fused-ring (bicyclic) bond motifs is 2. The molecule has 0 saturated carbocycles. The number of nitrogens with one attached hydrogen (secondary N) is 1. The molecular weight excluding hydrogens is 208 g/mol. The molecule has 0 radical (unpaired) electrons. The highest BCUT2D eigenvalue weighted by Gasteiger charge is 2.33. The Morgan fingerprint density at radius 1 is 1.29 bits per heavy atom. The number of benzene rings is 1. The van der Waals surface area contributed by atoms with Gasteiger partial charge >= 0.3 is 0 Å². The highest BCUT2D eigenvalue weighted by Crippen LogP contribution is 2.27. The van der Waals surface area contributed by atoms with E-state index in [1.807, 2.05) is 0 Å². The quantitative estimate of drug-likeness (QED) is 0.856. The van der Waals surface area contributed by atoms with Gasteiger partial charge in [0, 0.05) is 19.1 Å². The Labute approximate surface area is 104 Å². The first-order valence-corrected chi connectivity index (χ1v) is 6.82. The smallest absolute Gasteiger partial charge is 0.0208 e. The van der Waals surface area contributed by atoms with E-state index in [2.05, 4.69) is 41.4 Å². The van der Waals surface area contributed by atoms with Crippen LogP contribution in [0.5, 0.6) is 0 Å². The van der Waals surface area contributed by atoms with Gasteiger partial charge in [0.1, 0.15) is 0 Å². The number of aryl methyl sites for hydroxylation is 1. The standard InChI is InChI=1S/C15H22N2/c1-12-3-2-4-13(9-12)10-16-15-6-8-17-7-5-14(15)11-17/h2-4,9,14-16H,5-8,10-11H2,1H3. The minimum atomic E-state index is 0.745. The molecule has 2 aliphatic heterocycles. The lowest BCUT2D eigenvalue weighted by Gasteiger charge is -2.31. The van der Waals surface area contributed by atoms with E-state index < -0.39 is 0 Å². The van der Waals surface area contributed by atoms with Gasteiger partial charge in [0.15, 0.2) is 0 Å². The van der Waals surface area contributed by atoms with Crippen LogP contribution in [0.2, 0.25) is 0 Å². The van der Waals surface area contributed by atoms with Crippen molar-refractivity contribution in [1.82, 2.24) is 10.2 Å². The van der Waals surface area contributed by atoms with Crippen molar-refractivity contribution in [3.63, 3.8) is 0 Å². The maximum atomic E-state index is 3.77. The van der Waals surface area contributed by atoms with Crippen LogP contribution in [0.1, 0.15) is 24.0 Å². The first-order valence-electron chi connectivity index (χ1n) is 6.82. The van der Waals surface area contributed by atoms with E-state index >= 15 is 0 Å². The third-order valence-electron chi connectivity index (χ3n) is 4.29.